The number of benzene rings is 3. The number of carbonyl (C=O) groups is 3. The Hall–Kier alpha value is -4.17. The number of anilines is 3. The highest BCUT2D eigenvalue weighted by molar-refractivity contribution is 6.07. The first-order valence-corrected chi connectivity index (χ1v) is 11.3. The number of nitrogens with one attached hydrogen (secondary N) is 2. The molecule has 3 aromatic carbocycles. The number of likely N-dealkylation sites (N-methyl/N-ethyl adjacent to an activating group) is 1. The molecule has 0 fully saturated rings. The van der Waals surface area contributed by atoms with Crippen LogP contribution in [0.15, 0.2) is 84.9 Å². The largest absolute Gasteiger partial charge is 0.389 e. The summed E-state index contributed by atoms with van der Waals surface area (Å²) in [6.45, 7) is 2.98. The minimum absolute atomic E-state index is 0.271. The zero-order chi connectivity index (χ0) is 25.4. The standard InChI is InChI=1S/C27H30N4O4/c1-19(26(34)30(3)23-13-6-4-7-14-23)31(24-15-8-5-9-16-24)25(33)18-28-27(35)29-22-12-10-11-21(17-22)20(2)32/h4-17,19-20,32H,18H2,1-3H3,(H2,28,29,35)/t19-,20?/m0/s1. The molecule has 0 bridgehead atoms. The van der Waals surface area contributed by atoms with Crippen LogP contribution in [-0.2, 0) is 9.59 Å². The Morgan fingerprint density at radius 1 is 0.857 bits per heavy atom. The van der Waals surface area contributed by atoms with Gasteiger partial charge in [-0.1, -0.05) is 48.5 Å². The molecule has 8 heteroatoms. The monoisotopic (exact) mass is 474 g/mol. The van der Waals surface area contributed by atoms with Crippen LogP contribution in [0.2, 0.25) is 0 Å². The van der Waals surface area contributed by atoms with Gasteiger partial charge in [0.2, 0.25) is 11.8 Å². The Morgan fingerprint density at radius 3 is 2.06 bits per heavy atom. The summed E-state index contributed by atoms with van der Waals surface area (Å²) in [7, 11) is 1.66. The highest BCUT2D eigenvalue weighted by atomic mass is 16.3. The molecule has 0 aliphatic rings. The fourth-order valence-corrected chi connectivity index (χ4v) is 3.63. The number of rotatable bonds is 8. The first-order chi connectivity index (χ1) is 16.8. The van der Waals surface area contributed by atoms with Gasteiger partial charge in [-0.2, -0.15) is 0 Å². The number of hydrogen-bond donors (Lipinski definition) is 3. The van der Waals surface area contributed by atoms with Gasteiger partial charge in [-0.15, -0.1) is 0 Å². The Labute approximate surface area is 205 Å². The Morgan fingerprint density at radius 2 is 1.46 bits per heavy atom. The van der Waals surface area contributed by atoms with Crippen molar-refractivity contribution in [3.05, 3.63) is 90.5 Å². The van der Waals surface area contributed by atoms with Crippen molar-refractivity contribution in [3.63, 3.8) is 0 Å². The summed E-state index contributed by atoms with van der Waals surface area (Å²) in [5.74, 6) is -0.709. The van der Waals surface area contributed by atoms with Gasteiger partial charge in [0, 0.05) is 24.1 Å². The third-order valence-corrected chi connectivity index (χ3v) is 5.55. The van der Waals surface area contributed by atoms with E-state index in [0.29, 0.717) is 22.6 Å². The summed E-state index contributed by atoms with van der Waals surface area (Å²) in [5, 5.41) is 14.9. The van der Waals surface area contributed by atoms with E-state index < -0.39 is 24.1 Å². The molecule has 0 spiro atoms. The van der Waals surface area contributed by atoms with Crippen LogP contribution in [-0.4, -0.2) is 42.6 Å². The minimum Gasteiger partial charge on any atom is -0.389 e. The average Bonchev–Trinajstić information content (AvgIpc) is 2.88. The lowest BCUT2D eigenvalue weighted by atomic mass is 10.1. The Bertz CT molecular complexity index is 1150. The van der Waals surface area contributed by atoms with Crippen molar-refractivity contribution in [1.29, 1.82) is 0 Å². The smallest absolute Gasteiger partial charge is 0.319 e. The van der Waals surface area contributed by atoms with Crippen LogP contribution in [0.5, 0.6) is 0 Å². The molecular weight excluding hydrogens is 444 g/mol. The molecule has 3 N–H and O–H groups in total. The summed E-state index contributed by atoms with van der Waals surface area (Å²) in [5.41, 5.74) is 2.40. The van der Waals surface area contributed by atoms with Crippen molar-refractivity contribution in [1.82, 2.24) is 5.32 Å². The quantitative estimate of drug-likeness (QED) is 0.460. The molecule has 0 aliphatic carbocycles. The molecule has 4 amide bonds. The van der Waals surface area contributed by atoms with Crippen LogP contribution >= 0.6 is 0 Å². The van der Waals surface area contributed by atoms with Crippen LogP contribution in [0.25, 0.3) is 0 Å². The number of para-hydroxylation sites is 2. The van der Waals surface area contributed by atoms with E-state index in [1.807, 2.05) is 36.4 Å². The van der Waals surface area contributed by atoms with E-state index in [1.54, 1.807) is 69.4 Å². The summed E-state index contributed by atoms with van der Waals surface area (Å²) in [6, 6.07) is 23.5. The third-order valence-electron chi connectivity index (χ3n) is 5.55. The number of amides is 4. The number of nitrogens with zero attached hydrogens (tertiary/aromatic N) is 2. The highest BCUT2D eigenvalue weighted by Crippen LogP contribution is 2.21. The van der Waals surface area contributed by atoms with E-state index in [1.165, 1.54) is 9.80 Å². The van der Waals surface area contributed by atoms with Gasteiger partial charge in [0.05, 0.1) is 12.6 Å². The van der Waals surface area contributed by atoms with Gasteiger partial charge in [-0.25, -0.2) is 4.79 Å². The number of aliphatic hydroxyl groups is 1. The van der Waals surface area contributed by atoms with Crippen LogP contribution in [0.3, 0.4) is 0 Å². The van der Waals surface area contributed by atoms with E-state index in [9.17, 15) is 19.5 Å². The van der Waals surface area contributed by atoms with Gasteiger partial charge in [-0.3, -0.25) is 14.5 Å². The maximum Gasteiger partial charge on any atom is 0.319 e. The second-order valence-electron chi connectivity index (χ2n) is 8.12. The normalized spacial score (nSPS) is 12.2. The van der Waals surface area contributed by atoms with Crippen LogP contribution in [0.4, 0.5) is 21.9 Å². The molecule has 0 saturated carbocycles. The molecular formula is C27H30N4O4. The third kappa shape index (κ3) is 6.68. The van der Waals surface area contributed by atoms with E-state index in [2.05, 4.69) is 10.6 Å². The predicted octanol–water partition coefficient (Wildman–Crippen LogP) is 3.95. The second kappa shape index (κ2) is 11.8. The summed E-state index contributed by atoms with van der Waals surface area (Å²) >= 11 is 0. The molecule has 0 saturated heterocycles. The maximum atomic E-state index is 13.2. The molecule has 35 heavy (non-hydrogen) atoms. The van der Waals surface area contributed by atoms with Gasteiger partial charge in [0.25, 0.3) is 0 Å². The van der Waals surface area contributed by atoms with Gasteiger partial charge in [-0.05, 0) is 55.8 Å². The maximum absolute atomic E-state index is 13.2. The van der Waals surface area contributed by atoms with Gasteiger partial charge >= 0.3 is 6.03 Å². The summed E-state index contributed by atoms with van der Waals surface area (Å²) in [4.78, 5) is 41.8. The van der Waals surface area contributed by atoms with E-state index in [-0.39, 0.29) is 12.5 Å². The van der Waals surface area contributed by atoms with E-state index >= 15 is 0 Å². The molecule has 3 rings (SSSR count). The number of carbonyl (C=O) groups excluding carboxylic acids is 3. The molecule has 0 aromatic heterocycles. The lowest BCUT2D eigenvalue weighted by Gasteiger charge is -2.31. The number of aliphatic hydroxyl groups excluding tert-OH is 1. The van der Waals surface area contributed by atoms with Crippen LogP contribution < -0.4 is 20.4 Å². The molecule has 0 aliphatic heterocycles. The van der Waals surface area contributed by atoms with Crippen LogP contribution in [0.1, 0.15) is 25.5 Å². The molecule has 3 aromatic rings. The number of urea groups is 1. The molecule has 0 radical (unpaired) electrons. The lowest BCUT2D eigenvalue weighted by molar-refractivity contribution is -0.123. The fourth-order valence-electron chi connectivity index (χ4n) is 3.63. The van der Waals surface area contributed by atoms with Crippen molar-refractivity contribution in [2.24, 2.45) is 0 Å². The fraction of sp³-hybridized carbons (Fsp3) is 0.222. The second-order valence-corrected chi connectivity index (χ2v) is 8.12. The van der Waals surface area contributed by atoms with Crippen molar-refractivity contribution < 1.29 is 19.5 Å². The molecule has 182 valence electrons. The summed E-state index contributed by atoms with van der Waals surface area (Å²) < 4.78 is 0. The first-order valence-electron chi connectivity index (χ1n) is 11.3. The average molecular weight is 475 g/mol. The van der Waals surface area contributed by atoms with Crippen molar-refractivity contribution in [3.8, 4) is 0 Å². The van der Waals surface area contributed by atoms with Crippen molar-refractivity contribution in [2.75, 3.05) is 28.7 Å². The van der Waals surface area contributed by atoms with Crippen LogP contribution in [0, 0.1) is 0 Å². The Balaban J connectivity index is 1.71. The van der Waals surface area contributed by atoms with Crippen molar-refractivity contribution >= 4 is 34.9 Å². The zero-order valence-electron chi connectivity index (χ0n) is 20.0. The molecule has 8 nitrogen and oxygen atoms in total. The van der Waals surface area contributed by atoms with Gasteiger partial charge in [0.15, 0.2) is 0 Å². The lowest BCUT2D eigenvalue weighted by Crippen LogP contribution is -2.52. The predicted molar refractivity (Wildman–Crippen MR) is 137 cm³/mol. The van der Waals surface area contributed by atoms with Gasteiger partial charge in [0.1, 0.15) is 6.04 Å². The Kier molecular flexibility index (Phi) is 8.58. The SMILES string of the molecule is CC(O)c1cccc(NC(=O)NCC(=O)N(c2ccccc2)[C@@H](C)C(=O)N(C)c2ccccc2)c1. The zero-order valence-corrected chi connectivity index (χ0v) is 20.0. The van der Waals surface area contributed by atoms with E-state index in [0.717, 1.165) is 0 Å². The molecule has 1 unspecified atom stereocenters. The topological polar surface area (TPSA) is 102 Å². The number of hydrogen-bond acceptors (Lipinski definition) is 4. The van der Waals surface area contributed by atoms with Crippen molar-refractivity contribution in [2.45, 2.75) is 26.0 Å². The minimum atomic E-state index is -0.817. The van der Waals surface area contributed by atoms with E-state index in [4.69, 9.17) is 0 Å². The highest BCUT2D eigenvalue weighted by Gasteiger charge is 2.30. The molecule has 2 atom stereocenters. The first kappa shape index (κ1) is 25.5. The molecule has 0 heterocycles. The summed E-state index contributed by atoms with van der Waals surface area (Å²) in [6.07, 6.45) is -0.672. The van der Waals surface area contributed by atoms with Gasteiger partial charge < -0.3 is 20.6 Å².